The Morgan fingerprint density at radius 1 is 1.42 bits per heavy atom. The zero-order valence-electron chi connectivity index (χ0n) is 7.76. The Morgan fingerprint density at radius 3 is 2.58 bits per heavy atom. The van der Waals surface area contributed by atoms with E-state index < -0.39 is 0 Å². The maximum Gasteiger partial charge on any atom is 0.168 e. The number of hydrogen-bond donors (Lipinski definition) is 0. The summed E-state index contributed by atoms with van der Waals surface area (Å²) in [6, 6.07) is 0. The molecule has 4 rings (SSSR count). The minimum atomic E-state index is -0.0741. The summed E-state index contributed by atoms with van der Waals surface area (Å²) in [5, 5.41) is 0. The van der Waals surface area contributed by atoms with Gasteiger partial charge in [0.25, 0.3) is 0 Å². The molecule has 4 aliphatic rings. The Morgan fingerprint density at radius 2 is 2.08 bits per heavy atom. The monoisotopic (exact) mass is 166 g/mol. The van der Waals surface area contributed by atoms with E-state index in [1.165, 1.54) is 0 Å². The highest BCUT2D eigenvalue weighted by Crippen LogP contribution is 2.68. The van der Waals surface area contributed by atoms with Crippen molar-refractivity contribution < 1.29 is 9.53 Å². The normalized spacial score (nSPS) is 58.9. The number of ketones is 1. The molecule has 3 aliphatic carbocycles. The summed E-state index contributed by atoms with van der Waals surface area (Å²) in [7, 11) is 0. The van der Waals surface area contributed by atoms with Crippen molar-refractivity contribution in [3.8, 4) is 0 Å². The van der Waals surface area contributed by atoms with Crippen LogP contribution < -0.4 is 0 Å². The molecule has 0 radical (unpaired) electrons. The number of carbonyl (C=O) groups is 1. The first kappa shape index (κ1) is 7.07. The van der Waals surface area contributed by atoms with Crippen LogP contribution in [-0.2, 0) is 9.53 Å². The zero-order chi connectivity index (χ0) is 8.72. The van der Waals surface area contributed by atoms with Gasteiger partial charge in [-0.15, -0.1) is 0 Å². The summed E-state index contributed by atoms with van der Waals surface area (Å²) >= 11 is 0. The van der Waals surface area contributed by atoms with Gasteiger partial charge in [0, 0.05) is 5.92 Å². The molecule has 0 unspecified atom stereocenters. The molecule has 2 bridgehead atoms. The van der Waals surface area contributed by atoms with Crippen LogP contribution in [0.4, 0.5) is 0 Å². The predicted octanol–water partition coefficient (Wildman–Crippen LogP) is 1.39. The van der Waals surface area contributed by atoms with E-state index in [1.807, 2.05) is 0 Å². The van der Waals surface area contributed by atoms with Crippen LogP contribution in [0.25, 0.3) is 0 Å². The maximum absolute atomic E-state index is 11.7. The molecular weight excluding hydrogens is 152 g/mol. The number of hydrogen-bond acceptors (Lipinski definition) is 2. The van der Waals surface area contributed by atoms with E-state index in [0.717, 1.165) is 6.42 Å². The fraction of sp³-hybridized carbons (Fsp3) is 0.900. The predicted molar refractivity (Wildman–Crippen MR) is 43.7 cm³/mol. The topological polar surface area (TPSA) is 29.6 Å². The third-order valence-electron chi connectivity index (χ3n) is 4.40. The molecule has 0 N–H and O–H groups in total. The van der Waals surface area contributed by atoms with Crippen LogP contribution in [0.15, 0.2) is 0 Å². The van der Waals surface area contributed by atoms with Gasteiger partial charge >= 0.3 is 0 Å². The first-order valence-corrected chi connectivity index (χ1v) is 4.69. The van der Waals surface area contributed by atoms with E-state index in [-0.39, 0.29) is 17.1 Å². The fourth-order valence-corrected chi connectivity index (χ4v) is 3.39. The van der Waals surface area contributed by atoms with E-state index >= 15 is 0 Å². The summed E-state index contributed by atoms with van der Waals surface area (Å²) in [6.45, 7) is 6.50. The highest BCUT2D eigenvalue weighted by Gasteiger charge is 2.76. The molecule has 1 saturated heterocycles. The number of ether oxygens (including phenoxy) is 1. The lowest BCUT2D eigenvalue weighted by Crippen LogP contribution is -2.60. The van der Waals surface area contributed by atoms with E-state index in [1.54, 1.807) is 0 Å². The first-order valence-electron chi connectivity index (χ1n) is 4.69. The Bertz CT molecular complexity index is 277. The lowest BCUT2D eigenvalue weighted by molar-refractivity contribution is -0.147. The van der Waals surface area contributed by atoms with Gasteiger partial charge < -0.3 is 4.74 Å². The summed E-state index contributed by atoms with van der Waals surface area (Å²) in [5.41, 5.74) is 0.133. The average Bonchev–Trinajstić information content (AvgIpc) is 2.61. The third-order valence-corrected chi connectivity index (χ3v) is 4.40. The second-order valence-corrected chi connectivity index (χ2v) is 5.25. The SMILES string of the molecule is CC1(C)[C@H]2C[C@H]1C(=O)[C@H]1O[C@@]12C. The summed E-state index contributed by atoms with van der Waals surface area (Å²) in [4.78, 5) is 11.7. The Hall–Kier alpha value is -0.370. The molecule has 0 aromatic carbocycles. The van der Waals surface area contributed by atoms with Crippen LogP contribution in [0.3, 0.4) is 0 Å². The summed E-state index contributed by atoms with van der Waals surface area (Å²) in [6.07, 6.45) is 1.04. The van der Waals surface area contributed by atoms with Crippen molar-refractivity contribution >= 4 is 5.78 Å². The van der Waals surface area contributed by atoms with Gasteiger partial charge in [-0.05, 0) is 24.7 Å². The number of Topliss-reactive ketones (excluding diaryl/α,β-unsaturated/α-hetero) is 1. The smallest absolute Gasteiger partial charge is 0.168 e. The molecule has 0 spiro atoms. The molecule has 0 amide bonds. The summed E-state index contributed by atoms with van der Waals surface area (Å²) < 4.78 is 5.52. The molecule has 12 heavy (non-hydrogen) atoms. The van der Waals surface area contributed by atoms with E-state index in [0.29, 0.717) is 17.6 Å². The highest BCUT2D eigenvalue weighted by atomic mass is 16.6. The lowest BCUT2D eigenvalue weighted by Gasteiger charge is -2.56. The second-order valence-electron chi connectivity index (χ2n) is 5.25. The second kappa shape index (κ2) is 1.50. The molecule has 1 aliphatic heterocycles. The number of carbonyl (C=O) groups excluding carboxylic acids is 1. The van der Waals surface area contributed by atoms with E-state index in [4.69, 9.17) is 4.74 Å². The highest BCUT2D eigenvalue weighted by molar-refractivity contribution is 5.93. The van der Waals surface area contributed by atoms with E-state index in [2.05, 4.69) is 20.8 Å². The Balaban J connectivity index is 2.06. The van der Waals surface area contributed by atoms with Crippen molar-refractivity contribution in [1.82, 2.24) is 0 Å². The molecule has 4 atom stereocenters. The molecule has 2 heteroatoms. The van der Waals surface area contributed by atoms with Crippen LogP contribution in [-0.4, -0.2) is 17.5 Å². The Labute approximate surface area is 72.3 Å². The molecule has 3 saturated carbocycles. The van der Waals surface area contributed by atoms with Crippen molar-refractivity contribution in [3.63, 3.8) is 0 Å². The van der Waals surface area contributed by atoms with Gasteiger partial charge in [0.15, 0.2) is 5.78 Å². The first-order chi connectivity index (χ1) is 5.48. The van der Waals surface area contributed by atoms with Crippen molar-refractivity contribution in [2.45, 2.75) is 38.9 Å². The molecule has 2 nitrogen and oxygen atoms in total. The van der Waals surface area contributed by atoms with Gasteiger partial charge in [0.1, 0.15) is 11.7 Å². The van der Waals surface area contributed by atoms with Crippen molar-refractivity contribution in [2.24, 2.45) is 17.3 Å². The largest absolute Gasteiger partial charge is 0.358 e. The third kappa shape index (κ3) is 0.481. The molecular formula is C10H14O2. The molecule has 0 aromatic rings. The van der Waals surface area contributed by atoms with Gasteiger partial charge in [-0.3, -0.25) is 4.79 Å². The maximum atomic E-state index is 11.7. The molecule has 66 valence electrons. The molecule has 1 heterocycles. The quantitative estimate of drug-likeness (QED) is 0.509. The van der Waals surface area contributed by atoms with Crippen LogP contribution in [0.1, 0.15) is 27.2 Å². The summed E-state index contributed by atoms with van der Waals surface area (Å²) in [5.74, 6) is 1.28. The minimum Gasteiger partial charge on any atom is -0.358 e. The van der Waals surface area contributed by atoms with Crippen LogP contribution in [0, 0.1) is 17.3 Å². The van der Waals surface area contributed by atoms with Gasteiger partial charge in [-0.2, -0.15) is 0 Å². The van der Waals surface area contributed by atoms with Gasteiger partial charge in [-0.1, -0.05) is 13.8 Å². The molecule has 4 fully saturated rings. The minimum absolute atomic E-state index is 0.0331. The zero-order valence-corrected chi connectivity index (χ0v) is 7.76. The van der Waals surface area contributed by atoms with Crippen LogP contribution in [0.2, 0.25) is 0 Å². The van der Waals surface area contributed by atoms with E-state index in [9.17, 15) is 4.79 Å². The Kier molecular flexibility index (Phi) is 0.885. The fourth-order valence-electron chi connectivity index (χ4n) is 3.39. The van der Waals surface area contributed by atoms with Crippen molar-refractivity contribution in [3.05, 3.63) is 0 Å². The lowest BCUT2D eigenvalue weighted by atomic mass is 9.45. The van der Waals surface area contributed by atoms with Gasteiger partial charge in [0.05, 0.1) is 0 Å². The standard InChI is InChI=1S/C10H14O2/c1-9(2)5-4-6(9)10(3)8(12-10)7(5)11/h5-6,8H,4H2,1-3H3/t5-,6+,8+,10+/m0/s1. The molecule has 0 aromatic heterocycles. The number of epoxide rings is 1. The van der Waals surface area contributed by atoms with Crippen molar-refractivity contribution in [2.75, 3.05) is 0 Å². The van der Waals surface area contributed by atoms with Crippen molar-refractivity contribution in [1.29, 1.82) is 0 Å². The average molecular weight is 166 g/mol. The number of rotatable bonds is 0. The van der Waals surface area contributed by atoms with Gasteiger partial charge in [0.2, 0.25) is 0 Å². The van der Waals surface area contributed by atoms with Crippen LogP contribution >= 0.6 is 0 Å². The van der Waals surface area contributed by atoms with Gasteiger partial charge in [-0.25, -0.2) is 0 Å². The van der Waals surface area contributed by atoms with Crippen LogP contribution in [0.5, 0.6) is 0 Å².